The summed E-state index contributed by atoms with van der Waals surface area (Å²) in [5.41, 5.74) is 5.20. The third-order valence-electron chi connectivity index (χ3n) is 0.781. The van der Waals surface area contributed by atoms with Crippen molar-refractivity contribution in [2.24, 2.45) is 5.73 Å². The van der Waals surface area contributed by atoms with Gasteiger partial charge in [-0.25, -0.2) is 0 Å². The summed E-state index contributed by atoms with van der Waals surface area (Å²) in [7, 11) is 0. The van der Waals surface area contributed by atoms with Crippen LogP contribution in [0, 0.1) is 0 Å². The summed E-state index contributed by atoms with van der Waals surface area (Å²) >= 11 is 0. The van der Waals surface area contributed by atoms with Crippen molar-refractivity contribution in [3.63, 3.8) is 0 Å². The number of hydrogen-bond donors (Lipinski definition) is 1. The van der Waals surface area contributed by atoms with Crippen LogP contribution in [0.5, 0.6) is 0 Å². The highest BCUT2D eigenvalue weighted by molar-refractivity contribution is 4.96. The Bertz CT molecular complexity index is 123. The van der Waals surface area contributed by atoms with Crippen LogP contribution in [0.2, 0.25) is 0 Å². The molecule has 1 rings (SSSR count). The maximum atomic E-state index is 5.20. The second kappa shape index (κ2) is 3.27. The molecule has 0 atom stereocenters. The molecule has 0 aliphatic heterocycles. The lowest BCUT2D eigenvalue weighted by atomic mass is 10.5. The van der Waals surface area contributed by atoms with Crippen LogP contribution in [-0.2, 0) is 6.54 Å². The van der Waals surface area contributed by atoms with Crippen molar-refractivity contribution in [2.45, 2.75) is 14.0 Å². The molecule has 0 radical (unpaired) electrons. The van der Waals surface area contributed by atoms with Crippen LogP contribution in [-0.4, -0.2) is 0 Å². The summed E-state index contributed by atoms with van der Waals surface area (Å²) in [6.07, 6.45) is 1.61. The number of rotatable bonds is 1. The summed E-state index contributed by atoms with van der Waals surface area (Å²) in [6, 6.07) is 3.67. The smallest absolute Gasteiger partial charge is 0.117 e. The zero-order valence-electron chi connectivity index (χ0n) is 3.92. The van der Waals surface area contributed by atoms with Crippen molar-refractivity contribution in [2.75, 3.05) is 0 Å². The molecule has 46 valence electrons. The summed E-state index contributed by atoms with van der Waals surface area (Å²) < 4.78 is 4.86. The van der Waals surface area contributed by atoms with Crippen molar-refractivity contribution in [1.29, 1.82) is 0 Å². The molecule has 0 aliphatic rings. The molecule has 1 aromatic heterocycles. The minimum absolute atomic E-state index is 0. The van der Waals surface area contributed by atoms with Crippen LogP contribution in [0.1, 0.15) is 13.2 Å². The van der Waals surface area contributed by atoms with Gasteiger partial charge in [-0.15, -0.1) is 0 Å². The summed E-state index contributed by atoms with van der Waals surface area (Å²) in [4.78, 5) is 0. The van der Waals surface area contributed by atoms with E-state index in [4.69, 9.17) is 10.2 Å². The molecule has 1 aromatic rings. The van der Waals surface area contributed by atoms with E-state index in [0.29, 0.717) is 6.54 Å². The van der Waals surface area contributed by atoms with Crippen LogP contribution in [0.4, 0.5) is 0 Å². The Morgan fingerprint density at radius 3 is 2.62 bits per heavy atom. The maximum absolute atomic E-state index is 5.20. The molecule has 8 heavy (non-hydrogen) atoms. The summed E-state index contributed by atoms with van der Waals surface area (Å²) in [5, 5.41) is 0. The van der Waals surface area contributed by atoms with Gasteiger partial charge in [0.05, 0.1) is 12.8 Å². The van der Waals surface area contributed by atoms with Gasteiger partial charge < -0.3 is 10.2 Å². The fourth-order valence-corrected chi connectivity index (χ4v) is 0.429. The van der Waals surface area contributed by atoms with Gasteiger partial charge in [0.25, 0.3) is 0 Å². The van der Waals surface area contributed by atoms with Crippen molar-refractivity contribution < 1.29 is 4.42 Å². The fourth-order valence-electron chi connectivity index (χ4n) is 0.429. The Balaban J connectivity index is 0.000000490. The fraction of sp³-hybridized carbons (Fsp3) is 0.333. The number of hydrogen-bond acceptors (Lipinski definition) is 2. The first-order valence-electron chi connectivity index (χ1n) is 2.16. The van der Waals surface area contributed by atoms with Gasteiger partial charge in [-0.2, -0.15) is 0 Å². The van der Waals surface area contributed by atoms with E-state index in [1.165, 1.54) is 0 Å². The zero-order valence-corrected chi connectivity index (χ0v) is 3.92. The lowest BCUT2D eigenvalue weighted by molar-refractivity contribution is 0.512. The first-order valence-corrected chi connectivity index (χ1v) is 2.16. The first-order chi connectivity index (χ1) is 3.43. The molecular formula is C6H11NO. The van der Waals surface area contributed by atoms with E-state index in [0.717, 1.165) is 5.76 Å². The molecule has 0 saturated carbocycles. The third-order valence-corrected chi connectivity index (χ3v) is 0.781. The molecule has 0 saturated heterocycles. The second-order valence-corrected chi connectivity index (χ2v) is 1.28. The Morgan fingerprint density at radius 1 is 1.62 bits per heavy atom. The Hall–Kier alpha value is -0.760. The average molecular weight is 113 g/mol. The van der Waals surface area contributed by atoms with E-state index < -0.39 is 0 Å². The van der Waals surface area contributed by atoms with Crippen molar-refractivity contribution in [1.82, 2.24) is 0 Å². The first kappa shape index (κ1) is 7.24. The summed E-state index contributed by atoms with van der Waals surface area (Å²) in [5.74, 6) is 0.833. The van der Waals surface area contributed by atoms with Crippen LogP contribution in [0.15, 0.2) is 22.8 Å². The van der Waals surface area contributed by atoms with Crippen molar-refractivity contribution >= 4 is 0 Å². The van der Waals surface area contributed by atoms with Gasteiger partial charge in [0.1, 0.15) is 5.76 Å². The maximum Gasteiger partial charge on any atom is 0.117 e. The molecule has 2 nitrogen and oxygen atoms in total. The van der Waals surface area contributed by atoms with Crippen LogP contribution >= 0.6 is 0 Å². The molecular weight excluding hydrogens is 102 g/mol. The minimum atomic E-state index is 0. The van der Waals surface area contributed by atoms with Gasteiger partial charge in [-0.3, -0.25) is 0 Å². The second-order valence-electron chi connectivity index (χ2n) is 1.28. The van der Waals surface area contributed by atoms with Gasteiger partial charge in [0.15, 0.2) is 0 Å². The van der Waals surface area contributed by atoms with E-state index in [1.54, 1.807) is 6.26 Å². The SMILES string of the molecule is C.NCc1ccco1. The van der Waals surface area contributed by atoms with Gasteiger partial charge in [-0.05, 0) is 12.1 Å². The average Bonchev–Trinajstić information content (AvgIpc) is 2.14. The van der Waals surface area contributed by atoms with E-state index in [1.807, 2.05) is 12.1 Å². The lowest BCUT2D eigenvalue weighted by Crippen LogP contribution is -1.92. The third kappa shape index (κ3) is 1.39. The van der Waals surface area contributed by atoms with E-state index >= 15 is 0 Å². The standard InChI is InChI=1S/C5H7NO.CH4/c6-4-5-2-1-3-7-5;/h1-3H,4,6H2;1H4. The van der Waals surface area contributed by atoms with Gasteiger partial charge in [-0.1, -0.05) is 7.43 Å². The van der Waals surface area contributed by atoms with Crippen molar-refractivity contribution in [3.05, 3.63) is 24.2 Å². The Kier molecular flexibility index (Phi) is 2.96. The number of nitrogens with two attached hydrogens (primary N) is 1. The molecule has 0 unspecified atom stereocenters. The predicted octanol–water partition coefficient (Wildman–Crippen LogP) is 1.37. The molecule has 0 amide bonds. The molecule has 2 heteroatoms. The quantitative estimate of drug-likeness (QED) is 0.597. The number of furan rings is 1. The molecule has 1 heterocycles. The highest BCUT2D eigenvalue weighted by atomic mass is 16.3. The Morgan fingerprint density at radius 2 is 2.38 bits per heavy atom. The monoisotopic (exact) mass is 113 g/mol. The van der Waals surface area contributed by atoms with Crippen LogP contribution < -0.4 is 5.73 Å². The van der Waals surface area contributed by atoms with Gasteiger partial charge in [0, 0.05) is 0 Å². The van der Waals surface area contributed by atoms with Crippen molar-refractivity contribution in [3.8, 4) is 0 Å². The van der Waals surface area contributed by atoms with Gasteiger partial charge in [0.2, 0.25) is 0 Å². The summed E-state index contributed by atoms with van der Waals surface area (Å²) in [6.45, 7) is 0.493. The predicted molar refractivity (Wildman–Crippen MR) is 33.3 cm³/mol. The molecule has 0 aliphatic carbocycles. The zero-order chi connectivity index (χ0) is 5.11. The molecule has 2 N–H and O–H groups in total. The molecule has 0 aromatic carbocycles. The van der Waals surface area contributed by atoms with E-state index in [2.05, 4.69) is 0 Å². The van der Waals surface area contributed by atoms with E-state index in [-0.39, 0.29) is 7.43 Å². The van der Waals surface area contributed by atoms with Gasteiger partial charge >= 0.3 is 0 Å². The van der Waals surface area contributed by atoms with Crippen LogP contribution in [0.3, 0.4) is 0 Å². The minimum Gasteiger partial charge on any atom is -0.468 e. The highest BCUT2D eigenvalue weighted by Crippen LogP contribution is 1.95. The highest BCUT2D eigenvalue weighted by Gasteiger charge is 1.84. The van der Waals surface area contributed by atoms with E-state index in [9.17, 15) is 0 Å². The molecule has 0 bridgehead atoms. The molecule has 0 fully saturated rings. The molecule has 0 spiro atoms. The Labute approximate surface area is 49.3 Å². The normalized spacial score (nSPS) is 8.12. The topological polar surface area (TPSA) is 39.2 Å². The van der Waals surface area contributed by atoms with Crippen LogP contribution in [0.25, 0.3) is 0 Å². The largest absolute Gasteiger partial charge is 0.468 e. The lowest BCUT2D eigenvalue weighted by Gasteiger charge is -1.80.